The first-order valence-electron chi connectivity index (χ1n) is 3.58. The molecule has 1 heterocycles. The molecular formula is C8H14N2. The van der Waals surface area contributed by atoms with E-state index in [0.717, 1.165) is 6.54 Å². The lowest BCUT2D eigenvalue weighted by Gasteiger charge is -1.80. The molecule has 0 amide bonds. The summed E-state index contributed by atoms with van der Waals surface area (Å²) in [6, 6.07) is 0. The molecule has 1 aliphatic rings. The van der Waals surface area contributed by atoms with Crippen LogP contribution in [0.5, 0.6) is 0 Å². The highest BCUT2D eigenvalue weighted by molar-refractivity contribution is 5.85. The predicted octanol–water partition coefficient (Wildman–Crippen LogP) is 2.07. The summed E-state index contributed by atoms with van der Waals surface area (Å²) in [5.41, 5.74) is 1.18. The Bertz CT molecular complexity index is 152. The first kappa shape index (κ1) is 9.08. The molecule has 0 saturated heterocycles. The summed E-state index contributed by atoms with van der Waals surface area (Å²) in [5, 5.41) is 0. The number of rotatable bonds is 0. The molecule has 56 valence electrons. The van der Waals surface area contributed by atoms with Crippen LogP contribution in [0.15, 0.2) is 21.6 Å². The van der Waals surface area contributed by atoms with E-state index in [1.165, 1.54) is 5.57 Å². The van der Waals surface area contributed by atoms with E-state index in [4.69, 9.17) is 0 Å². The number of aliphatic imine (C=N–C) groups is 2. The van der Waals surface area contributed by atoms with E-state index in [-0.39, 0.29) is 0 Å². The van der Waals surface area contributed by atoms with Gasteiger partial charge in [0.2, 0.25) is 0 Å². The Morgan fingerprint density at radius 3 is 2.80 bits per heavy atom. The van der Waals surface area contributed by atoms with Gasteiger partial charge in [0, 0.05) is 6.21 Å². The summed E-state index contributed by atoms with van der Waals surface area (Å²) in [5.74, 6) is 0. The molecule has 0 unspecified atom stereocenters. The third-order valence-electron chi connectivity index (χ3n) is 0.945. The molecular weight excluding hydrogens is 124 g/mol. The Morgan fingerprint density at radius 1 is 1.40 bits per heavy atom. The number of nitrogens with zero attached hydrogens (tertiary/aromatic N) is 2. The first-order chi connectivity index (χ1) is 4.89. The van der Waals surface area contributed by atoms with Gasteiger partial charge in [-0.2, -0.15) is 0 Å². The summed E-state index contributed by atoms with van der Waals surface area (Å²) in [4.78, 5) is 7.79. The molecule has 0 aliphatic carbocycles. The van der Waals surface area contributed by atoms with Crippen molar-refractivity contribution in [2.75, 3.05) is 6.54 Å². The number of hydrogen-bond donors (Lipinski definition) is 0. The van der Waals surface area contributed by atoms with Crippen LogP contribution in [-0.4, -0.2) is 19.1 Å². The molecule has 10 heavy (non-hydrogen) atoms. The minimum Gasteiger partial charge on any atom is -0.269 e. The molecule has 0 radical (unpaired) electrons. The van der Waals surface area contributed by atoms with Gasteiger partial charge in [0.1, 0.15) is 6.34 Å². The van der Waals surface area contributed by atoms with E-state index in [0.29, 0.717) is 0 Å². The zero-order chi connectivity index (χ0) is 7.82. The van der Waals surface area contributed by atoms with Crippen molar-refractivity contribution in [2.24, 2.45) is 9.98 Å². The molecule has 0 spiro atoms. The highest BCUT2D eigenvalue weighted by Gasteiger charge is 1.82. The van der Waals surface area contributed by atoms with Crippen molar-refractivity contribution in [3.8, 4) is 0 Å². The van der Waals surface area contributed by atoms with E-state index in [1.807, 2.05) is 26.8 Å². The van der Waals surface area contributed by atoms with Gasteiger partial charge < -0.3 is 0 Å². The Kier molecular flexibility index (Phi) is 5.63. The SMILES string of the molecule is CC.CC1=CCN=CN=C1. The Hall–Kier alpha value is -0.920. The van der Waals surface area contributed by atoms with E-state index < -0.39 is 0 Å². The normalized spacial score (nSPS) is 14.9. The second-order valence-corrected chi connectivity index (χ2v) is 1.71. The predicted molar refractivity (Wildman–Crippen MR) is 47.0 cm³/mol. The third kappa shape index (κ3) is 4.01. The summed E-state index contributed by atoms with van der Waals surface area (Å²) in [6.07, 6.45) is 5.41. The van der Waals surface area contributed by atoms with Gasteiger partial charge in [0.05, 0.1) is 6.54 Å². The molecule has 0 aromatic heterocycles. The first-order valence-corrected chi connectivity index (χ1v) is 3.58. The monoisotopic (exact) mass is 138 g/mol. The Balaban J connectivity index is 0.000000371. The second kappa shape index (κ2) is 6.20. The Labute approximate surface area is 62.4 Å². The number of hydrogen-bond acceptors (Lipinski definition) is 2. The van der Waals surface area contributed by atoms with Gasteiger partial charge in [0.15, 0.2) is 0 Å². The standard InChI is InChI=1S/C6H8N2.C2H6/c1-6-2-3-7-5-8-4-6;1-2/h2,4-5H,3H2,1H3;1-2H3. The topological polar surface area (TPSA) is 24.7 Å². The minimum absolute atomic E-state index is 0.770. The fraction of sp³-hybridized carbons (Fsp3) is 0.500. The van der Waals surface area contributed by atoms with Crippen LogP contribution in [-0.2, 0) is 0 Å². The summed E-state index contributed by atoms with van der Waals surface area (Å²) in [6.45, 7) is 6.78. The van der Waals surface area contributed by atoms with Crippen LogP contribution >= 0.6 is 0 Å². The smallest absolute Gasteiger partial charge is 0.110 e. The van der Waals surface area contributed by atoms with Gasteiger partial charge in [-0.3, -0.25) is 4.99 Å². The fourth-order valence-corrected chi connectivity index (χ4v) is 0.495. The molecule has 0 atom stereocenters. The second-order valence-electron chi connectivity index (χ2n) is 1.71. The highest BCUT2D eigenvalue weighted by Crippen LogP contribution is 1.89. The van der Waals surface area contributed by atoms with E-state index in [9.17, 15) is 0 Å². The molecule has 2 nitrogen and oxygen atoms in total. The van der Waals surface area contributed by atoms with Crippen molar-refractivity contribution in [1.82, 2.24) is 0 Å². The van der Waals surface area contributed by atoms with Crippen LogP contribution in [0.2, 0.25) is 0 Å². The lowest BCUT2D eigenvalue weighted by molar-refractivity contribution is 1.24. The molecule has 1 aliphatic heterocycles. The van der Waals surface area contributed by atoms with Crippen LogP contribution in [0, 0.1) is 0 Å². The van der Waals surface area contributed by atoms with E-state index in [1.54, 1.807) is 12.6 Å². The molecule has 1 rings (SSSR count). The van der Waals surface area contributed by atoms with Crippen molar-refractivity contribution >= 4 is 12.6 Å². The average Bonchev–Trinajstić information content (AvgIpc) is 2.21. The van der Waals surface area contributed by atoms with Crippen molar-refractivity contribution in [1.29, 1.82) is 0 Å². The summed E-state index contributed by atoms with van der Waals surface area (Å²) in [7, 11) is 0. The molecule has 0 saturated carbocycles. The van der Waals surface area contributed by atoms with Gasteiger partial charge in [-0.05, 0) is 12.5 Å². The van der Waals surface area contributed by atoms with Gasteiger partial charge in [-0.25, -0.2) is 4.99 Å². The maximum Gasteiger partial charge on any atom is 0.110 e. The van der Waals surface area contributed by atoms with Crippen LogP contribution in [0.25, 0.3) is 0 Å². The molecule has 0 aromatic rings. The molecule has 0 bridgehead atoms. The van der Waals surface area contributed by atoms with Gasteiger partial charge in [0.25, 0.3) is 0 Å². The lowest BCUT2D eigenvalue weighted by atomic mass is 10.3. The zero-order valence-electron chi connectivity index (χ0n) is 6.83. The van der Waals surface area contributed by atoms with Crippen molar-refractivity contribution in [3.63, 3.8) is 0 Å². The lowest BCUT2D eigenvalue weighted by Crippen LogP contribution is -1.74. The summed E-state index contributed by atoms with van der Waals surface area (Å²) >= 11 is 0. The van der Waals surface area contributed by atoms with Crippen molar-refractivity contribution in [2.45, 2.75) is 20.8 Å². The average molecular weight is 138 g/mol. The maximum absolute atomic E-state index is 3.92. The highest BCUT2D eigenvalue weighted by atomic mass is 14.8. The van der Waals surface area contributed by atoms with Gasteiger partial charge >= 0.3 is 0 Å². The van der Waals surface area contributed by atoms with Crippen LogP contribution < -0.4 is 0 Å². The maximum atomic E-state index is 3.92. The zero-order valence-corrected chi connectivity index (χ0v) is 6.83. The molecule has 0 N–H and O–H groups in total. The minimum atomic E-state index is 0.770. The van der Waals surface area contributed by atoms with Crippen LogP contribution in [0.1, 0.15) is 20.8 Å². The quantitative estimate of drug-likeness (QED) is 0.489. The molecule has 0 aromatic carbocycles. The van der Waals surface area contributed by atoms with Crippen molar-refractivity contribution < 1.29 is 0 Å². The van der Waals surface area contributed by atoms with Crippen LogP contribution in [0.3, 0.4) is 0 Å². The summed E-state index contributed by atoms with van der Waals surface area (Å²) < 4.78 is 0. The number of allylic oxidation sites excluding steroid dienone is 1. The largest absolute Gasteiger partial charge is 0.269 e. The van der Waals surface area contributed by atoms with E-state index in [2.05, 4.69) is 9.98 Å². The van der Waals surface area contributed by atoms with Crippen molar-refractivity contribution in [3.05, 3.63) is 11.6 Å². The van der Waals surface area contributed by atoms with Crippen LogP contribution in [0.4, 0.5) is 0 Å². The molecule has 0 fully saturated rings. The third-order valence-corrected chi connectivity index (χ3v) is 0.945. The fourth-order valence-electron chi connectivity index (χ4n) is 0.495. The molecule has 2 heteroatoms. The van der Waals surface area contributed by atoms with Gasteiger partial charge in [-0.1, -0.05) is 19.9 Å². The Morgan fingerprint density at radius 2 is 2.10 bits per heavy atom. The van der Waals surface area contributed by atoms with E-state index >= 15 is 0 Å². The van der Waals surface area contributed by atoms with Gasteiger partial charge in [-0.15, -0.1) is 0 Å².